The number of aliphatic imine (C=N–C) groups is 1. The van der Waals surface area contributed by atoms with Crippen LogP contribution in [0, 0.1) is 6.92 Å². The molecule has 1 atom stereocenters. The monoisotopic (exact) mass is 371 g/mol. The number of nitrogens with one attached hydrogen (secondary N) is 3. The van der Waals surface area contributed by atoms with Crippen molar-refractivity contribution in [1.82, 2.24) is 10.2 Å². The zero-order valence-electron chi connectivity index (χ0n) is 13.3. The Labute approximate surface area is 155 Å². The van der Waals surface area contributed by atoms with Crippen LogP contribution in [0.1, 0.15) is 23.0 Å². The number of hydrogen-bond donors (Lipinski definition) is 3. The number of aromatic amines is 1. The molecule has 3 N–H and O–H groups in total. The summed E-state index contributed by atoms with van der Waals surface area (Å²) in [4.78, 5) is 4.81. The summed E-state index contributed by atoms with van der Waals surface area (Å²) in [6, 6.07) is 15.5. The van der Waals surface area contributed by atoms with E-state index < -0.39 is 0 Å². The molecule has 2 aromatic carbocycles. The van der Waals surface area contributed by atoms with Crippen molar-refractivity contribution in [2.45, 2.75) is 13.1 Å². The van der Waals surface area contributed by atoms with Gasteiger partial charge < -0.3 is 10.6 Å². The smallest absolute Gasteiger partial charge is 0.153 e. The molecule has 4 rings (SSSR count). The third-order valence-electron chi connectivity index (χ3n) is 3.94. The number of H-pyrrole nitrogens is 1. The number of nitrogens with zero attached hydrogens (tertiary/aromatic N) is 2. The average molecular weight is 372 g/mol. The molecule has 0 radical (unpaired) electrons. The van der Waals surface area contributed by atoms with Crippen molar-refractivity contribution in [3.63, 3.8) is 0 Å². The summed E-state index contributed by atoms with van der Waals surface area (Å²) in [5.74, 6) is 1.47. The average Bonchev–Trinajstić information content (AvgIpc) is 3.02. The number of benzene rings is 2. The molecule has 3 aromatic rings. The lowest BCUT2D eigenvalue weighted by atomic mass is 10.1. The van der Waals surface area contributed by atoms with Crippen LogP contribution in [0.2, 0.25) is 10.0 Å². The largest absolute Gasteiger partial charge is 0.359 e. The van der Waals surface area contributed by atoms with Crippen LogP contribution < -0.4 is 10.6 Å². The van der Waals surface area contributed by atoms with Crippen LogP contribution in [0.25, 0.3) is 0 Å². The van der Waals surface area contributed by atoms with Crippen LogP contribution in [-0.2, 0) is 0 Å². The van der Waals surface area contributed by atoms with Gasteiger partial charge in [-0.1, -0.05) is 41.4 Å². The van der Waals surface area contributed by atoms with E-state index >= 15 is 0 Å². The highest BCUT2D eigenvalue weighted by Gasteiger charge is 2.22. The molecule has 0 aliphatic carbocycles. The number of aryl methyl sites for hydroxylation is 1. The quantitative estimate of drug-likeness (QED) is 0.593. The highest BCUT2D eigenvalue weighted by atomic mass is 35.5. The van der Waals surface area contributed by atoms with Crippen molar-refractivity contribution in [1.29, 1.82) is 0 Å². The maximum absolute atomic E-state index is 6.16. The molecule has 25 heavy (non-hydrogen) atoms. The van der Waals surface area contributed by atoms with Gasteiger partial charge in [-0.3, -0.25) is 5.10 Å². The van der Waals surface area contributed by atoms with Crippen LogP contribution in [0.4, 0.5) is 11.5 Å². The van der Waals surface area contributed by atoms with Crippen LogP contribution in [-0.4, -0.2) is 16.0 Å². The fourth-order valence-electron chi connectivity index (χ4n) is 2.74. The van der Waals surface area contributed by atoms with Gasteiger partial charge >= 0.3 is 0 Å². The molecule has 0 saturated heterocycles. The SMILES string of the molecule is Cc1cc(NC2=NC(c3ccc(Cl)c(Cl)c3)Nc3ccccc32)n[nH]1. The molecule has 1 unspecified atom stereocenters. The number of rotatable bonds is 2. The van der Waals surface area contributed by atoms with E-state index in [0.717, 1.165) is 34.2 Å². The lowest BCUT2D eigenvalue weighted by Crippen LogP contribution is -2.25. The van der Waals surface area contributed by atoms with E-state index in [-0.39, 0.29) is 6.17 Å². The Balaban J connectivity index is 1.74. The Morgan fingerprint density at radius 1 is 1.04 bits per heavy atom. The van der Waals surface area contributed by atoms with E-state index in [1.54, 1.807) is 6.07 Å². The van der Waals surface area contributed by atoms with Crippen molar-refractivity contribution < 1.29 is 0 Å². The predicted octanol–water partition coefficient (Wildman–Crippen LogP) is 5.01. The first-order valence-electron chi connectivity index (χ1n) is 7.78. The minimum absolute atomic E-state index is 0.271. The molecule has 0 spiro atoms. The minimum Gasteiger partial charge on any atom is -0.359 e. The van der Waals surface area contributed by atoms with Crippen LogP contribution in [0.3, 0.4) is 0 Å². The first-order valence-corrected chi connectivity index (χ1v) is 8.53. The van der Waals surface area contributed by atoms with E-state index in [1.807, 2.05) is 49.4 Å². The third kappa shape index (κ3) is 3.21. The fourth-order valence-corrected chi connectivity index (χ4v) is 3.04. The number of fused-ring (bicyclic) bond motifs is 1. The first kappa shape index (κ1) is 16.0. The Bertz CT molecular complexity index is 964. The maximum Gasteiger partial charge on any atom is 0.153 e. The van der Waals surface area contributed by atoms with Gasteiger partial charge in [-0.25, -0.2) is 4.99 Å². The Morgan fingerprint density at radius 2 is 1.88 bits per heavy atom. The zero-order chi connectivity index (χ0) is 17.4. The van der Waals surface area contributed by atoms with Gasteiger partial charge in [-0.05, 0) is 36.8 Å². The van der Waals surface area contributed by atoms with E-state index in [4.69, 9.17) is 28.2 Å². The van der Waals surface area contributed by atoms with Crippen LogP contribution in [0.5, 0.6) is 0 Å². The highest BCUT2D eigenvalue weighted by molar-refractivity contribution is 6.42. The molecule has 126 valence electrons. The molecule has 0 bridgehead atoms. The third-order valence-corrected chi connectivity index (χ3v) is 4.68. The van der Waals surface area contributed by atoms with Gasteiger partial charge in [0.1, 0.15) is 12.0 Å². The standard InChI is InChI=1S/C18H15Cl2N5/c1-10-8-16(25-24-10)22-18-12-4-2-3-5-15(12)21-17(23-18)11-6-7-13(19)14(20)9-11/h2-9,17,21H,1H3,(H2,22,23,24,25). The molecule has 7 heteroatoms. The molecule has 1 aliphatic heterocycles. The molecule has 2 heterocycles. The first-order chi connectivity index (χ1) is 12.1. The number of amidine groups is 1. The molecule has 0 amide bonds. The normalized spacial score (nSPS) is 16.0. The van der Waals surface area contributed by atoms with Gasteiger partial charge in [0, 0.05) is 23.0 Å². The highest BCUT2D eigenvalue weighted by Crippen LogP contribution is 2.32. The van der Waals surface area contributed by atoms with Crippen molar-refractivity contribution >= 4 is 40.5 Å². The van der Waals surface area contributed by atoms with Crippen molar-refractivity contribution in [2.24, 2.45) is 4.99 Å². The summed E-state index contributed by atoms with van der Waals surface area (Å²) >= 11 is 12.2. The second-order valence-electron chi connectivity index (χ2n) is 5.80. The van der Waals surface area contributed by atoms with Crippen molar-refractivity contribution in [3.8, 4) is 0 Å². The Morgan fingerprint density at radius 3 is 2.64 bits per heavy atom. The summed E-state index contributed by atoms with van der Waals surface area (Å²) in [5, 5.41) is 14.9. The van der Waals surface area contributed by atoms with E-state index in [0.29, 0.717) is 10.0 Å². The van der Waals surface area contributed by atoms with Crippen LogP contribution >= 0.6 is 23.2 Å². The summed E-state index contributed by atoms with van der Waals surface area (Å²) in [7, 11) is 0. The van der Waals surface area contributed by atoms with Crippen molar-refractivity contribution in [3.05, 3.63) is 75.4 Å². The molecule has 1 aliphatic rings. The van der Waals surface area contributed by atoms with E-state index in [1.165, 1.54) is 0 Å². The number of aromatic nitrogens is 2. The number of anilines is 2. The molecule has 0 saturated carbocycles. The second kappa shape index (κ2) is 6.43. The summed E-state index contributed by atoms with van der Waals surface area (Å²) < 4.78 is 0. The molecular formula is C18H15Cl2N5. The van der Waals surface area contributed by atoms with Crippen molar-refractivity contribution in [2.75, 3.05) is 10.6 Å². The second-order valence-corrected chi connectivity index (χ2v) is 6.62. The van der Waals surface area contributed by atoms with Gasteiger partial charge in [0.2, 0.25) is 0 Å². The zero-order valence-corrected chi connectivity index (χ0v) is 14.9. The summed E-state index contributed by atoms with van der Waals surface area (Å²) in [5.41, 5.74) is 3.88. The Kier molecular flexibility index (Phi) is 4.11. The number of para-hydroxylation sites is 1. The Hall–Kier alpha value is -2.50. The summed E-state index contributed by atoms with van der Waals surface area (Å²) in [6.07, 6.45) is -0.271. The van der Waals surface area contributed by atoms with Gasteiger partial charge in [0.25, 0.3) is 0 Å². The minimum atomic E-state index is -0.271. The topological polar surface area (TPSA) is 65.1 Å². The summed E-state index contributed by atoms with van der Waals surface area (Å²) in [6.45, 7) is 1.95. The maximum atomic E-state index is 6.16. The molecule has 5 nitrogen and oxygen atoms in total. The molecule has 0 fully saturated rings. The van der Waals surface area contributed by atoms with E-state index in [2.05, 4.69) is 20.8 Å². The van der Waals surface area contributed by atoms with Gasteiger partial charge in [-0.15, -0.1) is 0 Å². The lowest BCUT2D eigenvalue weighted by Gasteiger charge is -2.26. The fraction of sp³-hybridized carbons (Fsp3) is 0.111. The number of hydrogen-bond acceptors (Lipinski definition) is 4. The van der Waals surface area contributed by atoms with Gasteiger partial charge in [0.15, 0.2) is 5.82 Å². The van der Waals surface area contributed by atoms with Gasteiger partial charge in [-0.2, -0.15) is 5.10 Å². The molecular weight excluding hydrogens is 357 g/mol. The lowest BCUT2D eigenvalue weighted by molar-refractivity contribution is 0.827. The van der Waals surface area contributed by atoms with Crippen LogP contribution in [0.15, 0.2) is 53.5 Å². The predicted molar refractivity (Wildman–Crippen MR) is 103 cm³/mol. The number of halogens is 2. The molecule has 1 aromatic heterocycles. The van der Waals surface area contributed by atoms with E-state index in [9.17, 15) is 0 Å². The van der Waals surface area contributed by atoms with Gasteiger partial charge in [0.05, 0.1) is 10.0 Å².